The van der Waals surface area contributed by atoms with Crippen LogP contribution in [0.4, 0.5) is 26.3 Å². The quantitative estimate of drug-likeness (QED) is 0.772. The zero-order valence-corrected chi connectivity index (χ0v) is 13.4. The highest BCUT2D eigenvalue weighted by Gasteiger charge is 2.34. The van der Waals surface area contributed by atoms with E-state index in [2.05, 4.69) is 5.32 Å². The summed E-state index contributed by atoms with van der Waals surface area (Å²) >= 11 is 5.78. The van der Waals surface area contributed by atoms with Gasteiger partial charge in [0, 0.05) is 43.7 Å². The maximum Gasteiger partial charge on any atom is 0.416 e. The molecule has 1 saturated heterocycles. The summed E-state index contributed by atoms with van der Waals surface area (Å²) < 4.78 is 76.7. The second-order valence-electron chi connectivity index (χ2n) is 5.73. The minimum absolute atomic E-state index is 0.132. The van der Waals surface area contributed by atoms with Crippen molar-refractivity contribution in [2.24, 2.45) is 0 Å². The Morgan fingerprint density at radius 2 is 1.67 bits per heavy atom. The van der Waals surface area contributed by atoms with Gasteiger partial charge < -0.3 is 5.32 Å². The summed E-state index contributed by atoms with van der Waals surface area (Å²) in [5.74, 6) is 0. The summed E-state index contributed by atoms with van der Waals surface area (Å²) in [5.41, 5.74) is -0.780. The minimum Gasteiger partial charge on any atom is -0.314 e. The summed E-state index contributed by atoms with van der Waals surface area (Å²) in [6.45, 7) is 2.09. The Labute approximate surface area is 140 Å². The Hall–Kier alpha value is -0.990. The van der Waals surface area contributed by atoms with Crippen LogP contribution < -0.4 is 5.32 Å². The molecule has 9 heteroatoms. The van der Waals surface area contributed by atoms with E-state index in [1.807, 2.05) is 0 Å². The van der Waals surface area contributed by atoms with Gasteiger partial charge in [0.05, 0.1) is 5.56 Å². The molecule has 1 fully saturated rings. The molecular formula is C15H17ClF6N2. The smallest absolute Gasteiger partial charge is 0.314 e. The molecule has 1 heterocycles. The van der Waals surface area contributed by atoms with Crippen molar-refractivity contribution < 1.29 is 26.3 Å². The fraction of sp³-hybridized carbons (Fsp3) is 0.600. The second-order valence-corrected chi connectivity index (χ2v) is 6.16. The van der Waals surface area contributed by atoms with Crippen molar-refractivity contribution in [3.05, 3.63) is 34.3 Å². The number of nitrogens with zero attached hydrogens (tertiary/aromatic N) is 1. The first kappa shape index (κ1) is 19.3. The lowest BCUT2D eigenvalue weighted by molar-refractivity contribution is -0.140. The summed E-state index contributed by atoms with van der Waals surface area (Å²) in [6, 6.07) is 2.24. The van der Waals surface area contributed by atoms with E-state index in [-0.39, 0.29) is 17.0 Å². The van der Waals surface area contributed by atoms with Gasteiger partial charge in [0.25, 0.3) is 0 Å². The number of nitrogens with one attached hydrogen (secondary N) is 1. The summed E-state index contributed by atoms with van der Waals surface area (Å²) in [6.07, 6.45) is -10.3. The first-order chi connectivity index (χ1) is 11.1. The van der Waals surface area contributed by atoms with Crippen molar-refractivity contribution in [1.82, 2.24) is 10.2 Å². The van der Waals surface area contributed by atoms with Gasteiger partial charge in [-0.05, 0) is 30.2 Å². The third kappa shape index (κ3) is 5.53. The monoisotopic (exact) mass is 374 g/mol. The average molecular weight is 375 g/mol. The summed E-state index contributed by atoms with van der Waals surface area (Å²) in [7, 11) is 0. The number of piperazine rings is 1. The van der Waals surface area contributed by atoms with Crippen LogP contribution in [0.25, 0.3) is 0 Å². The number of hydrogen-bond acceptors (Lipinski definition) is 2. The fourth-order valence-electron chi connectivity index (χ4n) is 2.82. The van der Waals surface area contributed by atoms with Gasteiger partial charge in [-0.25, -0.2) is 0 Å². The average Bonchev–Trinajstić information content (AvgIpc) is 2.46. The first-order valence-electron chi connectivity index (χ1n) is 7.45. The minimum atomic E-state index is -4.60. The highest BCUT2D eigenvalue weighted by atomic mass is 35.5. The van der Waals surface area contributed by atoms with Crippen LogP contribution in [0.3, 0.4) is 0 Å². The number of benzene rings is 1. The van der Waals surface area contributed by atoms with E-state index in [1.165, 1.54) is 6.07 Å². The van der Waals surface area contributed by atoms with Gasteiger partial charge in [0.1, 0.15) is 0 Å². The molecule has 0 amide bonds. The molecule has 2 nitrogen and oxygen atoms in total. The summed E-state index contributed by atoms with van der Waals surface area (Å²) in [5, 5.41) is 2.94. The van der Waals surface area contributed by atoms with Crippen LogP contribution in [-0.2, 0) is 6.18 Å². The van der Waals surface area contributed by atoms with Gasteiger partial charge in [-0.3, -0.25) is 4.90 Å². The molecule has 0 aliphatic carbocycles. The molecule has 0 radical (unpaired) electrons. The standard InChI is InChI=1S/C15H17ClF6N2/c16-12-8-10(7-11(9-12)15(20,21)22)13(1-2-14(17,18)19)24-5-3-23-4-6-24/h7-9,13,23H,1-6H2/t13-/m0/s1. The molecule has 1 atom stereocenters. The molecular weight excluding hydrogens is 358 g/mol. The van der Waals surface area contributed by atoms with E-state index in [9.17, 15) is 26.3 Å². The van der Waals surface area contributed by atoms with Gasteiger partial charge in [-0.15, -0.1) is 0 Å². The molecule has 1 N–H and O–H groups in total. The Morgan fingerprint density at radius 1 is 1.04 bits per heavy atom. The predicted molar refractivity (Wildman–Crippen MR) is 78.9 cm³/mol. The maximum atomic E-state index is 13.0. The van der Waals surface area contributed by atoms with Crippen LogP contribution in [0, 0.1) is 0 Å². The molecule has 1 aliphatic heterocycles. The van der Waals surface area contributed by atoms with Gasteiger partial charge in [-0.1, -0.05) is 11.6 Å². The SMILES string of the molecule is FC(F)(F)CC[C@@H](c1cc(Cl)cc(C(F)(F)F)c1)N1CCNCC1. The normalized spacial score (nSPS) is 18.6. The van der Waals surface area contributed by atoms with E-state index in [0.717, 1.165) is 12.1 Å². The van der Waals surface area contributed by atoms with Crippen molar-refractivity contribution >= 4 is 11.6 Å². The van der Waals surface area contributed by atoms with E-state index < -0.39 is 30.4 Å². The van der Waals surface area contributed by atoms with Crippen LogP contribution in [0.2, 0.25) is 5.02 Å². The lowest BCUT2D eigenvalue weighted by atomic mass is 9.97. The van der Waals surface area contributed by atoms with Crippen molar-refractivity contribution in [1.29, 1.82) is 0 Å². The molecule has 1 aliphatic rings. The number of alkyl halides is 6. The Kier molecular flexibility index (Phi) is 6.04. The summed E-state index contributed by atoms with van der Waals surface area (Å²) in [4.78, 5) is 1.77. The van der Waals surface area contributed by atoms with E-state index in [1.54, 1.807) is 4.90 Å². The molecule has 0 spiro atoms. The molecule has 2 rings (SSSR count). The number of halogens is 7. The molecule has 0 unspecified atom stereocenters. The largest absolute Gasteiger partial charge is 0.416 e. The molecule has 1 aromatic carbocycles. The van der Waals surface area contributed by atoms with Crippen molar-refractivity contribution in [2.45, 2.75) is 31.2 Å². The van der Waals surface area contributed by atoms with Gasteiger partial charge in [0.2, 0.25) is 0 Å². The van der Waals surface area contributed by atoms with E-state index >= 15 is 0 Å². The molecule has 24 heavy (non-hydrogen) atoms. The van der Waals surface area contributed by atoms with Crippen LogP contribution >= 0.6 is 11.6 Å². The first-order valence-corrected chi connectivity index (χ1v) is 7.83. The third-order valence-corrected chi connectivity index (χ3v) is 4.14. The highest BCUT2D eigenvalue weighted by molar-refractivity contribution is 6.30. The van der Waals surface area contributed by atoms with Crippen LogP contribution in [-0.4, -0.2) is 37.3 Å². The van der Waals surface area contributed by atoms with Crippen LogP contribution in [0.1, 0.15) is 30.0 Å². The van der Waals surface area contributed by atoms with E-state index in [0.29, 0.717) is 26.2 Å². The molecule has 0 bridgehead atoms. The van der Waals surface area contributed by atoms with E-state index in [4.69, 9.17) is 11.6 Å². The lowest BCUT2D eigenvalue weighted by Gasteiger charge is -2.35. The van der Waals surface area contributed by atoms with Crippen molar-refractivity contribution in [2.75, 3.05) is 26.2 Å². The molecule has 136 valence electrons. The number of hydrogen-bond donors (Lipinski definition) is 1. The van der Waals surface area contributed by atoms with Gasteiger partial charge in [-0.2, -0.15) is 26.3 Å². The van der Waals surface area contributed by atoms with Gasteiger partial charge >= 0.3 is 12.4 Å². The number of rotatable bonds is 4. The zero-order chi connectivity index (χ0) is 18.0. The Balaban J connectivity index is 2.33. The molecule has 0 saturated carbocycles. The van der Waals surface area contributed by atoms with Crippen LogP contribution in [0.5, 0.6) is 0 Å². The third-order valence-electron chi connectivity index (χ3n) is 3.93. The van der Waals surface area contributed by atoms with Crippen molar-refractivity contribution in [3.8, 4) is 0 Å². The lowest BCUT2D eigenvalue weighted by Crippen LogP contribution is -2.45. The van der Waals surface area contributed by atoms with Crippen molar-refractivity contribution in [3.63, 3.8) is 0 Å². The Bertz CT molecular complexity index is 552. The fourth-order valence-corrected chi connectivity index (χ4v) is 3.07. The van der Waals surface area contributed by atoms with Gasteiger partial charge in [0.15, 0.2) is 0 Å². The second kappa shape index (κ2) is 7.49. The topological polar surface area (TPSA) is 15.3 Å². The molecule has 1 aromatic rings. The Morgan fingerprint density at radius 3 is 2.21 bits per heavy atom. The predicted octanol–water partition coefficient (Wildman–Crippen LogP) is 4.65. The van der Waals surface area contributed by atoms with Crippen LogP contribution in [0.15, 0.2) is 18.2 Å². The highest BCUT2D eigenvalue weighted by Crippen LogP contribution is 2.37. The maximum absolute atomic E-state index is 13.0. The molecule has 0 aromatic heterocycles. The zero-order valence-electron chi connectivity index (χ0n) is 12.6.